The Labute approximate surface area is 197 Å². The molecule has 12 heteroatoms. The number of hydrogen-bond donors (Lipinski definition) is 6. The molecule has 12 nitrogen and oxygen atoms in total. The van der Waals surface area contributed by atoms with Gasteiger partial charge < -0.3 is 30.7 Å². The summed E-state index contributed by atoms with van der Waals surface area (Å²) in [6.07, 6.45) is -2.04. The van der Waals surface area contributed by atoms with Crippen LogP contribution in [0.15, 0.2) is 30.3 Å². The SMILES string of the molecule is CNN(C)Cc1cc2ccccc2n1CCC(=O)NCCNC(=O)C(O)C(=O)NCCC(=O)O. The maximum absolute atomic E-state index is 12.3. The van der Waals surface area contributed by atoms with Crippen molar-refractivity contribution in [2.75, 3.05) is 33.7 Å². The molecule has 2 rings (SSSR count). The zero-order valence-electron chi connectivity index (χ0n) is 19.3. The van der Waals surface area contributed by atoms with E-state index < -0.39 is 23.9 Å². The van der Waals surface area contributed by atoms with E-state index in [0.29, 0.717) is 13.1 Å². The molecule has 0 aliphatic heterocycles. The van der Waals surface area contributed by atoms with Gasteiger partial charge >= 0.3 is 5.97 Å². The summed E-state index contributed by atoms with van der Waals surface area (Å²) < 4.78 is 2.10. The van der Waals surface area contributed by atoms with Crippen LogP contribution in [0.4, 0.5) is 0 Å². The van der Waals surface area contributed by atoms with Crippen molar-refractivity contribution in [3.8, 4) is 0 Å². The first-order valence-corrected chi connectivity index (χ1v) is 10.9. The normalized spacial score (nSPS) is 11.9. The molecule has 34 heavy (non-hydrogen) atoms. The molecule has 1 aromatic heterocycles. The minimum Gasteiger partial charge on any atom is -0.481 e. The van der Waals surface area contributed by atoms with Crippen LogP contribution in [0.2, 0.25) is 0 Å². The fourth-order valence-corrected chi connectivity index (χ4v) is 3.28. The molecule has 0 saturated carbocycles. The average Bonchev–Trinajstić information content (AvgIpc) is 3.16. The number of aryl methyl sites for hydroxylation is 1. The maximum Gasteiger partial charge on any atom is 0.305 e. The summed E-state index contributed by atoms with van der Waals surface area (Å²) in [6, 6.07) is 10.1. The molecule has 2 aromatic rings. The van der Waals surface area contributed by atoms with E-state index >= 15 is 0 Å². The van der Waals surface area contributed by atoms with Crippen LogP contribution in [0.5, 0.6) is 0 Å². The number of carbonyl (C=O) groups is 4. The van der Waals surface area contributed by atoms with Crippen LogP contribution in [-0.4, -0.2) is 83.3 Å². The molecule has 1 unspecified atom stereocenters. The summed E-state index contributed by atoms with van der Waals surface area (Å²) in [5.74, 6) is -3.23. The number of aromatic nitrogens is 1. The second-order valence-corrected chi connectivity index (χ2v) is 7.65. The lowest BCUT2D eigenvalue weighted by atomic mass is 10.2. The largest absolute Gasteiger partial charge is 0.481 e. The van der Waals surface area contributed by atoms with Gasteiger partial charge in [0, 0.05) is 50.9 Å². The van der Waals surface area contributed by atoms with Gasteiger partial charge in [-0.1, -0.05) is 18.2 Å². The molecule has 0 aliphatic rings. The molecule has 6 N–H and O–H groups in total. The molecule has 0 fully saturated rings. The standard InChI is InChI=1S/C22H32N6O6/c1-23-27(2)14-16-13-15-5-3-4-6-17(15)28(16)12-8-18(29)24-10-11-26-22(34)20(32)21(33)25-9-7-19(30)31/h3-6,13,20,23,32H,7-12,14H2,1-2H3,(H,24,29)(H,25,33)(H,26,34)(H,30,31). The van der Waals surface area contributed by atoms with E-state index in [-0.39, 0.29) is 38.4 Å². The number of nitrogens with one attached hydrogen (secondary N) is 4. The topological polar surface area (TPSA) is 165 Å². The number of aliphatic hydroxyl groups excluding tert-OH is 1. The van der Waals surface area contributed by atoms with Gasteiger partial charge in [0.2, 0.25) is 12.0 Å². The Morgan fingerprint density at radius 1 is 1.00 bits per heavy atom. The molecular weight excluding hydrogens is 444 g/mol. The summed E-state index contributed by atoms with van der Waals surface area (Å²) in [7, 11) is 3.77. The number of hydrazine groups is 1. The molecule has 1 atom stereocenters. The third-order valence-corrected chi connectivity index (χ3v) is 5.12. The van der Waals surface area contributed by atoms with Gasteiger partial charge in [-0.2, -0.15) is 0 Å². The van der Waals surface area contributed by atoms with Crippen molar-refractivity contribution < 1.29 is 29.4 Å². The monoisotopic (exact) mass is 476 g/mol. The Morgan fingerprint density at radius 2 is 1.65 bits per heavy atom. The molecule has 186 valence electrons. The van der Waals surface area contributed by atoms with E-state index in [0.717, 1.165) is 16.6 Å². The zero-order chi connectivity index (χ0) is 25.1. The van der Waals surface area contributed by atoms with Crippen LogP contribution in [0.25, 0.3) is 10.9 Å². The number of para-hydroxylation sites is 1. The van der Waals surface area contributed by atoms with Crippen LogP contribution in [0, 0.1) is 0 Å². The minimum atomic E-state index is -1.96. The second-order valence-electron chi connectivity index (χ2n) is 7.65. The Balaban J connectivity index is 1.77. The maximum atomic E-state index is 12.3. The highest BCUT2D eigenvalue weighted by molar-refractivity contribution is 6.03. The molecule has 0 radical (unpaired) electrons. The van der Waals surface area contributed by atoms with Crippen LogP contribution in [0.1, 0.15) is 18.5 Å². The minimum absolute atomic E-state index is 0.0225. The number of carboxylic acids is 1. The number of aliphatic carboxylic acids is 1. The zero-order valence-corrected chi connectivity index (χ0v) is 19.3. The van der Waals surface area contributed by atoms with E-state index in [1.54, 1.807) is 0 Å². The Bertz CT molecular complexity index is 1010. The number of hydrogen-bond acceptors (Lipinski definition) is 7. The van der Waals surface area contributed by atoms with Gasteiger partial charge in [0.05, 0.1) is 13.0 Å². The van der Waals surface area contributed by atoms with Crippen LogP contribution >= 0.6 is 0 Å². The molecule has 1 aromatic carbocycles. The van der Waals surface area contributed by atoms with Crippen LogP contribution in [0.3, 0.4) is 0 Å². The predicted octanol–water partition coefficient (Wildman–Crippen LogP) is -1.22. The van der Waals surface area contributed by atoms with Gasteiger partial charge in [0.15, 0.2) is 0 Å². The van der Waals surface area contributed by atoms with Gasteiger partial charge in [-0.05, 0) is 24.6 Å². The lowest BCUT2D eigenvalue weighted by molar-refractivity contribution is -0.141. The fraction of sp³-hybridized carbons (Fsp3) is 0.455. The van der Waals surface area contributed by atoms with Gasteiger partial charge in [-0.3, -0.25) is 24.6 Å². The molecule has 1 heterocycles. The molecular formula is C22H32N6O6. The summed E-state index contributed by atoms with van der Waals surface area (Å²) in [5.41, 5.74) is 5.17. The fourth-order valence-electron chi connectivity index (χ4n) is 3.28. The van der Waals surface area contributed by atoms with Gasteiger partial charge in [-0.25, -0.2) is 5.01 Å². The van der Waals surface area contributed by atoms with E-state index in [4.69, 9.17) is 5.11 Å². The summed E-state index contributed by atoms with van der Waals surface area (Å²) in [4.78, 5) is 46.2. The van der Waals surface area contributed by atoms with Crippen molar-refractivity contribution in [2.24, 2.45) is 0 Å². The molecule has 0 aliphatic carbocycles. The Kier molecular flexibility index (Phi) is 10.5. The van der Waals surface area contributed by atoms with Gasteiger partial charge in [0.1, 0.15) is 0 Å². The second kappa shape index (κ2) is 13.3. The molecule has 0 bridgehead atoms. The van der Waals surface area contributed by atoms with Gasteiger partial charge in [0.25, 0.3) is 11.8 Å². The number of rotatable bonds is 14. The third-order valence-electron chi connectivity index (χ3n) is 5.12. The smallest absolute Gasteiger partial charge is 0.305 e. The number of benzene rings is 1. The average molecular weight is 477 g/mol. The molecule has 3 amide bonds. The quantitative estimate of drug-likeness (QED) is 0.112. The summed E-state index contributed by atoms with van der Waals surface area (Å²) >= 11 is 0. The van der Waals surface area contributed by atoms with E-state index in [1.165, 1.54) is 0 Å². The number of amides is 3. The van der Waals surface area contributed by atoms with Crippen molar-refractivity contribution in [1.29, 1.82) is 0 Å². The van der Waals surface area contributed by atoms with Crippen molar-refractivity contribution in [3.63, 3.8) is 0 Å². The van der Waals surface area contributed by atoms with Crippen LogP contribution < -0.4 is 21.4 Å². The van der Waals surface area contributed by atoms with E-state index in [2.05, 4.69) is 32.0 Å². The third kappa shape index (κ3) is 8.14. The molecule has 0 spiro atoms. The number of carbonyl (C=O) groups excluding carboxylic acids is 3. The van der Waals surface area contributed by atoms with Gasteiger partial charge in [-0.15, -0.1) is 0 Å². The van der Waals surface area contributed by atoms with E-state index in [1.807, 2.05) is 43.4 Å². The highest BCUT2D eigenvalue weighted by atomic mass is 16.4. The lowest BCUT2D eigenvalue weighted by Gasteiger charge is -2.17. The summed E-state index contributed by atoms with van der Waals surface area (Å²) in [6.45, 7) is 1.09. The van der Waals surface area contributed by atoms with Crippen molar-refractivity contribution >= 4 is 34.6 Å². The first kappa shape index (κ1) is 26.8. The highest BCUT2D eigenvalue weighted by Crippen LogP contribution is 2.21. The first-order valence-electron chi connectivity index (χ1n) is 10.9. The van der Waals surface area contributed by atoms with E-state index in [9.17, 15) is 24.3 Å². The predicted molar refractivity (Wildman–Crippen MR) is 124 cm³/mol. The van der Waals surface area contributed by atoms with Crippen molar-refractivity contribution in [3.05, 3.63) is 36.0 Å². The first-order chi connectivity index (χ1) is 16.2. The molecule has 0 saturated heterocycles. The highest BCUT2D eigenvalue weighted by Gasteiger charge is 2.23. The summed E-state index contributed by atoms with van der Waals surface area (Å²) in [5, 5.41) is 28.4. The lowest BCUT2D eigenvalue weighted by Crippen LogP contribution is -2.47. The van der Waals surface area contributed by atoms with Crippen molar-refractivity contribution in [2.45, 2.75) is 32.0 Å². The van der Waals surface area contributed by atoms with Crippen molar-refractivity contribution in [1.82, 2.24) is 31.0 Å². The Morgan fingerprint density at radius 3 is 2.32 bits per heavy atom. The number of aliphatic hydroxyl groups is 1. The Hall–Kier alpha value is -3.48. The van der Waals surface area contributed by atoms with Crippen LogP contribution in [-0.2, 0) is 32.3 Å². The number of nitrogens with zero attached hydrogens (tertiary/aromatic N) is 2. The number of fused-ring (bicyclic) bond motifs is 1. The number of carboxylic acid groups (broad SMARTS) is 1.